The Morgan fingerprint density at radius 2 is 2.09 bits per heavy atom. The number of rotatable bonds is 6. The third-order valence-electron chi connectivity index (χ3n) is 6.24. The van der Waals surface area contributed by atoms with E-state index < -0.39 is 5.82 Å². The van der Waals surface area contributed by atoms with Gasteiger partial charge in [-0.05, 0) is 50.6 Å². The molecule has 1 spiro atoms. The molecule has 0 bridgehead atoms. The average Bonchev–Trinajstić information content (AvgIpc) is 2.77. The molecule has 3 aromatic rings. The highest BCUT2D eigenvalue weighted by Gasteiger charge is 2.55. The Hall–Kier alpha value is -3.46. The van der Waals surface area contributed by atoms with Crippen LogP contribution in [0.1, 0.15) is 20.3 Å². The summed E-state index contributed by atoms with van der Waals surface area (Å²) in [6, 6.07) is 6.91. The largest absolute Gasteiger partial charge is 0.489 e. The Balaban J connectivity index is 1.40. The van der Waals surface area contributed by atoms with Gasteiger partial charge in [0, 0.05) is 19.6 Å². The minimum absolute atomic E-state index is 0.0391. The summed E-state index contributed by atoms with van der Waals surface area (Å²) in [5.74, 6) is 0.709. The molecule has 0 radical (unpaired) electrons. The fourth-order valence-corrected chi connectivity index (χ4v) is 4.66. The van der Waals surface area contributed by atoms with Crippen LogP contribution in [0, 0.1) is 5.82 Å². The standard InChI is InChI=1S/C24H24ClFN6O2/c1-4-19(33)32-10-9-24(32)11-31(12-24)18-8-6-16-22(30-18)23(28-13-27-16)29-15-5-7-17(34-14(2)3)20(25)21(15)26/h4-8,13-14H,1,9-12H2,2-3H3,(H,27,28,29). The molecule has 0 unspecified atom stereocenters. The van der Waals surface area contributed by atoms with Crippen molar-refractivity contribution in [2.75, 3.05) is 29.9 Å². The van der Waals surface area contributed by atoms with E-state index in [-0.39, 0.29) is 34.0 Å². The van der Waals surface area contributed by atoms with Gasteiger partial charge in [-0.1, -0.05) is 18.2 Å². The monoisotopic (exact) mass is 482 g/mol. The average molecular weight is 483 g/mol. The molecule has 2 aliphatic heterocycles. The lowest BCUT2D eigenvalue weighted by Gasteiger charge is -2.62. The number of halogens is 2. The van der Waals surface area contributed by atoms with E-state index in [1.165, 1.54) is 12.4 Å². The number of carbonyl (C=O) groups is 1. The van der Waals surface area contributed by atoms with E-state index in [0.29, 0.717) is 29.9 Å². The van der Waals surface area contributed by atoms with Gasteiger partial charge in [0.05, 0.1) is 22.8 Å². The van der Waals surface area contributed by atoms with Crippen molar-refractivity contribution in [3.8, 4) is 5.75 Å². The second-order valence-electron chi connectivity index (χ2n) is 8.81. The summed E-state index contributed by atoms with van der Waals surface area (Å²) in [5, 5.41) is 2.89. The molecule has 8 nitrogen and oxygen atoms in total. The zero-order valence-corrected chi connectivity index (χ0v) is 19.6. The molecule has 0 aliphatic carbocycles. The smallest absolute Gasteiger partial charge is 0.246 e. The number of hydrogen-bond donors (Lipinski definition) is 1. The van der Waals surface area contributed by atoms with Crippen LogP contribution < -0.4 is 15.0 Å². The first-order chi connectivity index (χ1) is 16.3. The molecule has 2 aliphatic rings. The van der Waals surface area contributed by atoms with Crippen LogP contribution in [0.2, 0.25) is 5.02 Å². The molecule has 176 valence electrons. The van der Waals surface area contributed by atoms with Gasteiger partial charge >= 0.3 is 0 Å². The van der Waals surface area contributed by atoms with Gasteiger partial charge in [0.25, 0.3) is 0 Å². The van der Waals surface area contributed by atoms with Gasteiger partial charge in [0.15, 0.2) is 11.6 Å². The molecule has 34 heavy (non-hydrogen) atoms. The van der Waals surface area contributed by atoms with Gasteiger partial charge in [-0.15, -0.1) is 0 Å². The number of hydrogen-bond acceptors (Lipinski definition) is 7. The Labute approximate surface area is 201 Å². The zero-order chi connectivity index (χ0) is 24.0. The highest BCUT2D eigenvalue weighted by Crippen LogP contribution is 2.41. The van der Waals surface area contributed by atoms with Crippen molar-refractivity contribution >= 4 is 45.9 Å². The van der Waals surface area contributed by atoms with Gasteiger partial charge in [0.1, 0.15) is 28.4 Å². The second-order valence-corrected chi connectivity index (χ2v) is 9.19. The molecule has 5 rings (SSSR count). The Bertz CT molecular complexity index is 1290. The molecular formula is C24H24ClFN6O2. The van der Waals surface area contributed by atoms with Crippen LogP contribution in [0.5, 0.6) is 5.75 Å². The summed E-state index contributed by atoms with van der Waals surface area (Å²) in [7, 11) is 0. The predicted octanol–water partition coefficient (Wildman–Crippen LogP) is 4.33. The Morgan fingerprint density at radius 3 is 2.76 bits per heavy atom. The maximum atomic E-state index is 14.9. The van der Waals surface area contributed by atoms with Gasteiger partial charge in [0.2, 0.25) is 5.91 Å². The van der Waals surface area contributed by atoms with Gasteiger partial charge in [-0.25, -0.2) is 19.3 Å². The fraction of sp³-hybridized carbons (Fsp3) is 0.333. The normalized spacial score (nSPS) is 16.4. The lowest BCUT2D eigenvalue weighted by atomic mass is 9.77. The Morgan fingerprint density at radius 1 is 1.29 bits per heavy atom. The summed E-state index contributed by atoms with van der Waals surface area (Å²) in [6.07, 6.45) is 3.59. The molecule has 2 saturated heterocycles. The van der Waals surface area contributed by atoms with Crippen LogP contribution in [0.3, 0.4) is 0 Å². The van der Waals surface area contributed by atoms with Crippen molar-refractivity contribution in [1.29, 1.82) is 0 Å². The van der Waals surface area contributed by atoms with E-state index in [9.17, 15) is 9.18 Å². The van der Waals surface area contributed by atoms with Crippen LogP contribution >= 0.6 is 11.6 Å². The number of carbonyl (C=O) groups excluding carboxylic acids is 1. The van der Waals surface area contributed by atoms with Crippen LogP contribution in [0.15, 0.2) is 43.2 Å². The number of nitrogens with one attached hydrogen (secondary N) is 1. The number of amides is 1. The van der Waals surface area contributed by atoms with Gasteiger partial charge in [-0.3, -0.25) is 4.79 Å². The van der Waals surface area contributed by atoms with Gasteiger partial charge < -0.3 is 19.9 Å². The lowest BCUT2D eigenvalue weighted by Crippen LogP contribution is -2.78. The molecular weight excluding hydrogens is 459 g/mol. The van der Waals surface area contributed by atoms with Crippen LogP contribution in [0.4, 0.5) is 21.7 Å². The Kier molecular flexibility index (Phi) is 5.51. The van der Waals surface area contributed by atoms with Crippen LogP contribution in [-0.4, -0.2) is 57.0 Å². The van der Waals surface area contributed by atoms with Gasteiger partial charge in [-0.2, -0.15) is 0 Å². The fourth-order valence-electron chi connectivity index (χ4n) is 4.45. The van der Waals surface area contributed by atoms with Crippen molar-refractivity contribution in [2.45, 2.75) is 31.9 Å². The number of ether oxygens (including phenoxy) is 1. The van der Waals surface area contributed by atoms with E-state index in [1.807, 2.05) is 30.9 Å². The first kappa shape index (κ1) is 22.3. The topological polar surface area (TPSA) is 83.5 Å². The van der Waals surface area contributed by atoms with Crippen molar-refractivity contribution in [3.63, 3.8) is 0 Å². The molecule has 2 aromatic heterocycles. The number of aromatic nitrogens is 3. The molecule has 10 heteroatoms. The van der Waals surface area contributed by atoms with E-state index in [2.05, 4.69) is 26.8 Å². The lowest BCUT2D eigenvalue weighted by molar-refractivity contribution is -0.144. The molecule has 1 amide bonds. The van der Waals surface area contributed by atoms with Crippen molar-refractivity contribution in [2.24, 2.45) is 0 Å². The maximum Gasteiger partial charge on any atom is 0.246 e. The molecule has 1 N–H and O–H groups in total. The van der Waals surface area contributed by atoms with E-state index >= 15 is 0 Å². The van der Waals surface area contributed by atoms with Crippen molar-refractivity contribution in [1.82, 2.24) is 19.9 Å². The second kappa shape index (κ2) is 8.39. The van der Waals surface area contributed by atoms with Crippen LogP contribution in [0.25, 0.3) is 11.0 Å². The van der Waals surface area contributed by atoms with E-state index in [0.717, 1.165) is 18.8 Å². The molecule has 0 atom stereocenters. The summed E-state index contributed by atoms with van der Waals surface area (Å²) < 4.78 is 20.5. The quantitative estimate of drug-likeness (QED) is 0.523. The SMILES string of the molecule is C=CC(=O)N1CCC12CN(c1ccc3ncnc(Nc4ccc(OC(C)C)c(Cl)c4F)c3n1)C2. The number of fused-ring (bicyclic) bond motifs is 1. The molecule has 4 heterocycles. The predicted molar refractivity (Wildman–Crippen MR) is 129 cm³/mol. The third kappa shape index (κ3) is 3.69. The first-order valence-electron chi connectivity index (χ1n) is 11.0. The number of likely N-dealkylation sites (tertiary alicyclic amines) is 1. The highest BCUT2D eigenvalue weighted by molar-refractivity contribution is 6.32. The first-order valence-corrected chi connectivity index (χ1v) is 11.4. The number of anilines is 3. The van der Waals surface area contributed by atoms with E-state index in [4.69, 9.17) is 21.3 Å². The molecule has 1 aromatic carbocycles. The van der Waals surface area contributed by atoms with Crippen molar-refractivity contribution in [3.05, 3.63) is 54.1 Å². The summed E-state index contributed by atoms with van der Waals surface area (Å²) in [6.45, 7) is 9.43. The molecule has 2 fully saturated rings. The third-order valence-corrected chi connectivity index (χ3v) is 6.59. The zero-order valence-electron chi connectivity index (χ0n) is 18.9. The number of pyridine rings is 1. The number of benzene rings is 1. The summed E-state index contributed by atoms with van der Waals surface area (Å²) >= 11 is 6.18. The number of nitrogens with zero attached hydrogens (tertiary/aromatic N) is 5. The molecule has 0 saturated carbocycles. The van der Waals surface area contributed by atoms with E-state index in [1.54, 1.807) is 12.1 Å². The minimum atomic E-state index is -0.635. The highest BCUT2D eigenvalue weighted by atomic mass is 35.5. The maximum absolute atomic E-state index is 14.9. The summed E-state index contributed by atoms with van der Waals surface area (Å²) in [5.41, 5.74) is 1.14. The minimum Gasteiger partial charge on any atom is -0.489 e. The van der Waals surface area contributed by atoms with Crippen LogP contribution in [-0.2, 0) is 4.79 Å². The van der Waals surface area contributed by atoms with Crippen molar-refractivity contribution < 1.29 is 13.9 Å². The summed E-state index contributed by atoms with van der Waals surface area (Å²) in [4.78, 5) is 29.4.